The van der Waals surface area contributed by atoms with E-state index in [2.05, 4.69) is 63.6 Å². The molecule has 0 fully saturated rings. The van der Waals surface area contributed by atoms with Gasteiger partial charge in [0.05, 0.1) is 5.71 Å². The molecule has 0 atom stereocenters. The fourth-order valence-corrected chi connectivity index (χ4v) is 4.86. The number of nitrogens with zero attached hydrogens (tertiary/aromatic N) is 2. The summed E-state index contributed by atoms with van der Waals surface area (Å²) in [5.74, 6) is -0.0578. The predicted molar refractivity (Wildman–Crippen MR) is 135 cm³/mol. The molecular weight excluding hydrogens is 406 g/mol. The molecule has 5 rings (SSSR count). The summed E-state index contributed by atoms with van der Waals surface area (Å²) in [5.41, 5.74) is 11.0. The minimum atomic E-state index is -0.0578. The topological polar surface area (TPSA) is 46.4 Å². The van der Waals surface area contributed by atoms with E-state index in [1.807, 2.05) is 37.3 Å². The van der Waals surface area contributed by atoms with E-state index in [4.69, 9.17) is 0 Å². The Morgan fingerprint density at radius 3 is 2.39 bits per heavy atom. The van der Waals surface area contributed by atoms with Crippen molar-refractivity contribution in [2.75, 3.05) is 0 Å². The number of hydrogen-bond acceptors (Lipinski definition) is 2. The lowest BCUT2D eigenvalue weighted by molar-refractivity contribution is -0.121. The molecule has 33 heavy (non-hydrogen) atoms. The van der Waals surface area contributed by atoms with Crippen molar-refractivity contribution in [2.24, 2.45) is 5.10 Å². The number of hydrogen-bond donors (Lipinski definition) is 1. The maximum absolute atomic E-state index is 12.6. The number of carbonyl (C=O) groups excluding carboxylic acids is 1. The van der Waals surface area contributed by atoms with Crippen LogP contribution in [0.1, 0.15) is 43.0 Å². The SMILES string of the molecule is C/C(=N\NC(=O)CCn1c2c(c3ccccc31)CCCC2)c1ccc(-c2ccccc2)cc1. The number of carbonyl (C=O) groups is 1. The number of amides is 1. The predicted octanol–water partition coefficient (Wildman–Crippen LogP) is 6.12. The zero-order valence-corrected chi connectivity index (χ0v) is 19.1. The lowest BCUT2D eigenvalue weighted by atomic mass is 9.95. The van der Waals surface area contributed by atoms with Gasteiger partial charge in [-0.2, -0.15) is 5.10 Å². The van der Waals surface area contributed by atoms with Crippen LogP contribution in [0.4, 0.5) is 0 Å². The van der Waals surface area contributed by atoms with Gasteiger partial charge in [-0.15, -0.1) is 0 Å². The van der Waals surface area contributed by atoms with Crippen molar-refractivity contribution >= 4 is 22.5 Å². The van der Waals surface area contributed by atoms with Crippen LogP contribution in [0.3, 0.4) is 0 Å². The highest BCUT2D eigenvalue weighted by Gasteiger charge is 2.19. The van der Waals surface area contributed by atoms with E-state index in [0.717, 1.165) is 24.1 Å². The van der Waals surface area contributed by atoms with Gasteiger partial charge in [0.1, 0.15) is 0 Å². The first-order chi connectivity index (χ1) is 16.2. The number of nitrogens with one attached hydrogen (secondary N) is 1. The molecule has 166 valence electrons. The van der Waals surface area contributed by atoms with Crippen molar-refractivity contribution < 1.29 is 4.79 Å². The van der Waals surface area contributed by atoms with Gasteiger partial charge in [-0.1, -0.05) is 72.8 Å². The number of aryl methyl sites for hydroxylation is 2. The van der Waals surface area contributed by atoms with E-state index in [9.17, 15) is 4.79 Å². The summed E-state index contributed by atoms with van der Waals surface area (Å²) in [5, 5.41) is 5.70. The molecule has 1 aliphatic carbocycles. The second-order valence-electron chi connectivity index (χ2n) is 8.73. The van der Waals surface area contributed by atoms with Crippen LogP contribution in [0.15, 0.2) is 84.0 Å². The monoisotopic (exact) mass is 435 g/mol. The Labute approximate surface area is 195 Å². The van der Waals surface area contributed by atoms with Crippen molar-refractivity contribution in [3.05, 3.63) is 95.7 Å². The Kier molecular flexibility index (Phi) is 6.07. The minimum Gasteiger partial charge on any atom is -0.344 e. The lowest BCUT2D eigenvalue weighted by Crippen LogP contribution is -2.21. The van der Waals surface area contributed by atoms with E-state index < -0.39 is 0 Å². The largest absolute Gasteiger partial charge is 0.344 e. The molecule has 1 aromatic heterocycles. The molecule has 0 saturated heterocycles. The highest BCUT2D eigenvalue weighted by atomic mass is 16.2. The maximum atomic E-state index is 12.6. The first-order valence-corrected chi connectivity index (χ1v) is 11.8. The van der Waals surface area contributed by atoms with Gasteiger partial charge in [0.25, 0.3) is 0 Å². The molecule has 4 nitrogen and oxygen atoms in total. The Morgan fingerprint density at radius 1 is 0.879 bits per heavy atom. The van der Waals surface area contributed by atoms with Crippen LogP contribution in [0, 0.1) is 0 Å². The summed E-state index contributed by atoms with van der Waals surface area (Å²) in [7, 11) is 0. The number of rotatable bonds is 6. The van der Waals surface area contributed by atoms with Crippen LogP contribution in [0.25, 0.3) is 22.0 Å². The second-order valence-corrected chi connectivity index (χ2v) is 8.73. The standard InChI is InChI=1S/C29H29N3O/c1-21(22-15-17-24(18-16-22)23-9-3-2-4-10-23)30-31-29(33)19-20-32-27-13-7-5-11-25(27)26-12-6-8-14-28(26)32/h2-5,7,9-11,13,15-18H,6,8,12,14,19-20H2,1H3,(H,31,33)/b30-21+. The van der Waals surface area contributed by atoms with Gasteiger partial charge in [-0.3, -0.25) is 4.79 Å². The molecule has 4 aromatic rings. The summed E-state index contributed by atoms with van der Waals surface area (Å²) in [6.45, 7) is 2.61. The Balaban J connectivity index is 1.24. The summed E-state index contributed by atoms with van der Waals surface area (Å²) < 4.78 is 2.35. The van der Waals surface area contributed by atoms with Crippen molar-refractivity contribution in [3.63, 3.8) is 0 Å². The third-order valence-corrected chi connectivity index (χ3v) is 6.61. The molecule has 3 aromatic carbocycles. The van der Waals surface area contributed by atoms with Crippen molar-refractivity contribution in [2.45, 2.75) is 45.6 Å². The van der Waals surface area contributed by atoms with E-state index in [-0.39, 0.29) is 5.91 Å². The normalized spacial score (nSPS) is 13.7. The Morgan fingerprint density at radius 2 is 1.58 bits per heavy atom. The van der Waals surface area contributed by atoms with Gasteiger partial charge in [0, 0.05) is 29.6 Å². The van der Waals surface area contributed by atoms with Crippen molar-refractivity contribution in [1.82, 2.24) is 9.99 Å². The third kappa shape index (κ3) is 4.47. The molecule has 1 aliphatic rings. The molecule has 0 saturated carbocycles. The summed E-state index contributed by atoms with van der Waals surface area (Å²) in [6.07, 6.45) is 5.13. The Hall–Kier alpha value is -3.66. The maximum Gasteiger partial charge on any atom is 0.241 e. The molecule has 0 bridgehead atoms. The summed E-state index contributed by atoms with van der Waals surface area (Å²) in [6, 6.07) is 27.1. The first kappa shape index (κ1) is 21.2. The molecule has 0 spiro atoms. The minimum absolute atomic E-state index is 0.0578. The van der Waals surface area contributed by atoms with Gasteiger partial charge in [-0.05, 0) is 60.9 Å². The van der Waals surface area contributed by atoms with Gasteiger partial charge in [-0.25, -0.2) is 5.43 Å². The molecular formula is C29H29N3O. The molecule has 1 heterocycles. The zero-order chi connectivity index (χ0) is 22.6. The lowest BCUT2D eigenvalue weighted by Gasteiger charge is -2.15. The van der Waals surface area contributed by atoms with Crippen LogP contribution < -0.4 is 5.43 Å². The third-order valence-electron chi connectivity index (χ3n) is 6.61. The van der Waals surface area contributed by atoms with Crippen molar-refractivity contribution in [1.29, 1.82) is 0 Å². The molecule has 1 amide bonds. The fourth-order valence-electron chi connectivity index (χ4n) is 4.86. The number of fused-ring (bicyclic) bond motifs is 3. The molecule has 0 radical (unpaired) electrons. The molecule has 1 N–H and O–H groups in total. The van der Waals surface area contributed by atoms with E-state index in [0.29, 0.717) is 13.0 Å². The van der Waals surface area contributed by atoms with E-state index in [1.165, 1.54) is 46.1 Å². The van der Waals surface area contributed by atoms with Crippen LogP contribution in [-0.4, -0.2) is 16.2 Å². The summed E-state index contributed by atoms with van der Waals surface area (Å²) >= 11 is 0. The molecule has 0 aliphatic heterocycles. The summed E-state index contributed by atoms with van der Waals surface area (Å²) in [4.78, 5) is 12.6. The van der Waals surface area contributed by atoms with E-state index >= 15 is 0 Å². The van der Waals surface area contributed by atoms with Gasteiger partial charge in [0.2, 0.25) is 5.91 Å². The molecule has 0 unspecified atom stereocenters. The fraction of sp³-hybridized carbons (Fsp3) is 0.241. The van der Waals surface area contributed by atoms with Crippen LogP contribution in [0.2, 0.25) is 0 Å². The first-order valence-electron chi connectivity index (χ1n) is 11.8. The average molecular weight is 436 g/mol. The van der Waals surface area contributed by atoms with Crippen LogP contribution in [0.5, 0.6) is 0 Å². The van der Waals surface area contributed by atoms with Gasteiger partial charge in [0.15, 0.2) is 0 Å². The smallest absolute Gasteiger partial charge is 0.241 e. The number of para-hydroxylation sites is 1. The number of aromatic nitrogens is 1. The van der Waals surface area contributed by atoms with Gasteiger partial charge < -0.3 is 4.57 Å². The number of hydrazone groups is 1. The van der Waals surface area contributed by atoms with Crippen LogP contribution in [-0.2, 0) is 24.2 Å². The number of benzene rings is 3. The quantitative estimate of drug-likeness (QED) is 0.288. The zero-order valence-electron chi connectivity index (χ0n) is 19.1. The average Bonchev–Trinajstić information content (AvgIpc) is 3.20. The Bertz CT molecular complexity index is 1300. The van der Waals surface area contributed by atoms with E-state index in [1.54, 1.807) is 0 Å². The van der Waals surface area contributed by atoms with Gasteiger partial charge >= 0.3 is 0 Å². The second kappa shape index (κ2) is 9.45. The highest BCUT2D eigenvalue weighted by molar-refractivity contribution is 5.99. The van der Waals surface area contributed by atoms with Crippen LogP contribution >= 0.6 is 0 Å². The van der Waals surface area contributed by atoms with Crippen molar-refractivity contribution in [3.8, 4) is 11.1 Å². The highest BCUT2D eigenvalue weighted by Crippen LogP contribution is 2.32. The molecule has 4 heteroatoms.